The minimum atomic E-state index is -0.249. The molecule has 31 heavy (non-hydrogen) atoms. The Hall–Kier alpha value is -1.71. The van der Waals surface area contributed by atoms with Crippen LogP contribution in [0.3, 0.4) is 0 Å². The zero-order valence-corrected chi connectivity index (χ0v) is 19.2. The minimum Gasteiger partial charge on any atom is -0.508 e. The molecule has 4 heteroatoms. The van der Waals surface area contributed by atoms with Crippen molar-refractivity contribution in [2.24, 2.45) is 11.3 Å². The summed E-state index contributed by atoms with van der Waals surface area (Å²) < 4.78 is 5.91. The van der Waals surface area contributed by atoms with Gasteiger partial charge in [-0.1, -0.05) is 31.2 Å². The molecular weight excluding hydrogens is 408 g/mol. The SMILES string of the molecule is CC12C(O)CCC1CC(c1ccc(O)cc1)CC2c1ccc(OCCCCCCl)cc1. The number of phenols is 1. The number of ether oxygens (including phenoxy) is 1. The molecule has 0 amide bonds. The summed E-state index contributed by atoms with van der Waals surface area (Å²) in [5, 5.41) is 20.7. The molecule has 2 aliphatic carbocycles. The number of unbranched alkanes of at least 4 members (excludes halogenated alkanes) is 2. The molecule has 2 saturated carbocycles. The molecule has 0 spiro atoms. The number of aliphatic hydroxyl groups excluding tert-OH is 1. The second-order valence-corrected chi connectivity index (χ2v) is 10.0. The zero-order valence-electron chi connectivity index (χ0n) is 18.5. The summed E-state index contributed by atoms with van der Waals surface area (Å²) in [5.41, 5.74) is 2.51. The minimum absolute atomic E-state index is 0.0860. The monoisotopic (exact) mass is 442 g/mol. The van der Waals surface area contributed by atoms with Crippen LogP contribution < -0.4 is 4.74 Å². The van der Waals surface area contributed by atoms with Crippen LogP contribution in [0.1, 0.15) is 74.8 Å². The van der Waals surface area contributed by atoms with E-state index in [4.69, 9.17) is 16.3 Å². The zero-order chi connectivity index (χ0) is 21.8. The fourth-order valence-electron chi connectivity index (χ4n) is 5.99. The fourth-order valence-corrected chi connectivity index (χ4v) is 6.18. The summed E-state index contributed by atoms with van der Waals surface area (Å²) in [7, 11) is 0. The Kier molecular flexibility index (Phi) is 7.13. The molecule has 2 aliphatic rings. The van der Waals surface area contributed by atoms with E-state index in [-0.39, 0.29) is 11.5 Å². The molecule has 5 atom stereocenters. The van der Waals surface area contributed by atoms with Gasteiger partial charge >= 0.3 is 0 Å². The van der Waals surface area contributed by atoms with E-state index in [2.05, 4.69) is 43.3 Å². The molecule has 2 aromatic carbocycles. The first-order valence-electron chi connectivity index (χ1n) is 11.8. The Balaban J connectivity index is 1.51. The maximum atomic E-state index is 11.0. The first-order valence-corrected chi connectivity index (χ1v) is 12.3. The van der Waals surface area contributed by atoms with E-state index in [0.717, 1.165) is 57.3 Å². The summed E-state index contributed by atoms with van der Waals surface area (Å²) in [6.45, 7) is 3.02. The standard InChI is InChI=1S/C27H35ClO3/c1-27-22(9-14-26(27)30)17-21(19-5-10-23(29)11-6-19)18-25(27)20-7-12-24(13-8-20)31-16-4-2-3-15-28/h5-8,10-13,21-22,25-26,29-30H,2-4,9,14-18H2,1H3. The van der Waals surface area contributed by atoms with E-state index in [0.29, 0.717) is 29.4 Å². The molecule has 168 valence electrons. The fraction of sp³-hybridized carbons (Fsp3) is 0.556. The molecular formula is C27H35ClO3. The predicted octanol–water partition coefficient (Wildman–Crippen LogP) is 6.62. The van der Waals surface area contributed by atoms with Crippen molar-refractivity contribution in [3.8, 4) is 11.5 Å². The lowest BCUT2D eigenvalue weighted by Gasteiger charge is -2.49. The molecule has 0 radical (unpaired) electrons. The molecule has 3 nitrogen and oxygen atoms in total. The Morgan fingerprint density at radius 3 is 2.35 bits per heavy atom. The molecule has 2 aromatic rings. The average molecular weight is 443 g/mol. The van der Waals surface area contributed by atoms with E-state index in [1.807, 2.05) is 0 Å². The summed E-state index contributed by atoms with van der Waals surface area (Å²) in [5.74, 6) is 3.21. The number of halogens is 1. The third-order valence-electron chi connectivity index (χ3n) is 7.92. The molecule has 5 unspecified atom stereocenters. The number of fused-ring (bicyclic) bond motifs is 1. The molecule has 4 rings (SSSR count). The molecule has 0 heterocycles. The number of aliphatic hydroxyl groups is 1. The van der Waals surface area contributed by atoms with Crippen LogP contribution in [-0.2, 0) is 0 Å². The number of hydrogen-bond donors (Lipinski definition) is 2. The van der Waals surface area contributed by atoms with Crippen molar-refractivity contribution in [1.29, 1.82) is 0 Å². The Labute approximate surface area is 191 Å². The van der Waals surface area contributed by atoms with Gasteiger partial charge in [-0.05, 0) is 98.1 Å². The van der Waals surface area contributed by atoms with Gasteiger partial charge in [0.25, 0.3) is 0 Å². The third-order valence-corrected chi connectivity index (χ3v) is 8.19. The lowest BCUT2D eigenvalue weighted by Crippen LogP contribution is -2.43. The number of rotatable bonds is 8. The summed E-state index contributed by atoms with van der Waals surface area (Å²) in [6.07, 6.45) is 7.02. The van der Waals surface area contributed by atoms with Crippen LogP contribution in [-0.4, -0.2) is 28.8 Å². The van der Waals surface area contributed by atoms with Gasteiger partial charge in [0.05, 0.1) is 12.7 Å². The van der Waals surface area contributed by atoms with Gasteiger partial charge in [0.1, 0.15) is 11.5 Å². The summed E-state index contributed by atoms with van der Waals surface area (Å²) >= 11 is 5.74. The maximum absolute atomic E-state index is 11.0. The van der Waals surface area contributed by atoms with Crippen molar-refractivity contribution in [1.82, 2.24) is 0 Å². The Morgan fingerprint density at radius 2 is 1.65 bits per heavy atom. The van der Waals surface area contributed by atoms with Gasteiger partial charge in [0.15, 0.2) is 0 Å². The second-order valence-electron chi connectivity index (χ2n) is 9.64. The number of alkyl halides is 1. The normalized spacial score (nSPS) is 30.2. The van der Waals surface area contributed by atoms with Gasteiger partial charge < -0.3 is 14.9 Å². The van der Waals surface area contributed by atoms with Crippen LogP contribution in [0.4, 0.5) is 0 Å². The number of hydrogen-bond acceptors (Lipinski definition) is 3. The number of phenolic OH excluding ortho intramolecular Hbond substituents is 1. The van der Waals surface area contributed by atoms with Gasteiger partial charge in [0, 0.05) is 11.3 Å². The third kappa shape index (κ3) is 4.73. The highest BCUT2D eigenvalue weighted by molar-refractivity contribution is 6.17. The number of benzene rings is 2. The predicted molar refractivity (Wildman–Crippen MR) is 126 cm³/mol. The summed E-state index contributed by atoms with van der Waals surface area (Å²) in [4.78, 5) is 0. The van der Waals surface area contributed by atoms with E-state index in [1.54, 1.807) is 12.1 Å². The van der Waals surface area contributed by atoms with Crippen LogP contribution in [0.25, 0.3) is 0 Å². The number of aromatic hydroxyl groups is 1. The quantitative estimate of drug-likeness (QED) is 0.356. The Bertz CT molecular complexity index is 835. The van der Waals surface area contributed by atoms with Crippen LogP contribution in [0.2, 0.25) is 0 Å². The topological polar surface area (TPSA) is 49.7 Å². The maximum Gasteiger partial charge on any atom is 0.119 e. The first-order chi connectivity index (χ1) is 15.0. The first kappa shape index (κ1) is 22.5. The van der Waals surface area contributed by atoms with Crippen molar-refractivity contribution in [3.63, 3.8) is 0 Å². The lowest BCUT2D eigenvalue weighted by molar-refractivity contribution is -0.0105. The molecule has 2 N–H and O–H groups in total. The van der Waals surface area contributed by atoms with Gasteiger partial charge in [-0.3, -0.25) is 0 Å². The van der Waals surface area contributed by atoms with Crippen LogP contribution in [0.15, 0.2) is 48.5 Å². The second kappa shape index (κ2) is 9.83. The summed E-state index contributed by atoms with van der Waals surface area (Å²) in [6, 6.07) is 16.3. The Morgan fingerprint density at radius 1 is 0.935 bits per heavy atom. The highest BCUT2D eigenvalue weighted by Crippen LogP contribution is 2.61. The average Bonchev–Trinajstić information content (AvgIpc) is 3.08. The van der Waals surface area contributed by atoms with Gasteiger partial charge in [-0.15, -0.1) is 11.6 Å². The van der Waals surface area contributed by atoms with Crippen LogP contribution in [0, 0.1) is 11.3 Å². The smallest absolute Gasteiger partial charge is 0.119 e. The van der Waals surface area contributed by atoms with Crippen molar-refractivity contribution in [3.05, 3.63) is 59.7 Å². The largest absolute Gasteiger partial charge is 0.508 e. The van der Waals surface area contributed by atoms with E-state index >= 15 is 0 Å². The van der Waals surface area contributed by atoms with Crippen molar-refractivity contribution in [2.45, 2.75) is 69.8 Å². The van der Waals surface area contributed by atoms with Crippen LogP contribution >= 0.6 is 11.6 Å². The molecule has 0 saturated heterocycles. The highest BCUT2D eigenvalue weighted by atomic mass is 35.5. The highest BCUT2D eigenvalue weighted by Gasteiger charge is 2.54. The van der Waals surface area contributed by atoms with E-state index < -0.39 is 0 Å². The van der Waals surface area contributed by atoms with Crippen molar-refractivity contribution >= 4 is 11.6 Å². The van der Waals surface area contributed by atoms with Crippen molar-refractivity contribution < 1.29 is 14.9 Å². The molecule has 0 aromatic heterocycles. The van der Waals surface area contributed by atoms with E-state index in [1.165, 1.54) is 11.1 Å². The van der Waals surface area contributed by atoms with Crippen molar-refractivity contribution in [2.75, 3.05) is 12.5 Å². The molecule has 2 fully saturated rings. The molecule has 0 bridgehead atoms. The molecule has 0 aliphatic heterocycles. The van der Waals surface area contributed by atoms with E-state index in [9.17, 15) is 10.2 Å². The van der Waals surface area contributed by atoms with Gasteiger partial charge in [-0.2, -0.15) is 0 Å². The van der Waals surface area contributed by atoms with Gasteiger partial charge in [0.2, 0.25) is 0 Å². The van der Waals surface area contributed by atoms with Gasteiger partial charge in [-0.25, -0.2) is 0 Å². The van der Waals surface area contributed by atoms with Crippen LogP contribution in [0.5, 0.6) is 11.5 Å². The lowest BCUT2D eigenvalue weighted by atomic mass is 9.56.